The summed E-state index contributed by atoms with van der Waals surface area (Å²) in [5.41, 5.74) is 1.86. The molecule has 19 heavy (non-hydrogen) atoms. The average molecular weight is 286 g/mol. The van der Waals surface area contributed by atoms with E-state index in [-0.39, 0.29) is 4.90 Å². The van der Waals surface area contributed by atoms with Gasteiger partial charge in [0.05, 0.1) is 17.1 Å². The Balaban J connectivity index is 2.31. The molecule has 1 saturated heterocycles. The number of ether oxygens (including phenoxy) is 1. The summed E-state index contributed by atoms with van der Waals surface area (Å²) in [4.78, 5) is 4.08. The Morgan fingerprint density at radius 1 is 1.53 bits per heavy atom. The van der Waals surface area contributed by atoms with Crippen molar-refractivity contribution >= 4 is 15.8 Å². The summed E-state index contributed by atoms with van der Waals surface area (Å²) < 4.78 is 32.0. The fourth-order valence-electron chi connectivity index (χ4n) is 1.98. The van der Waals surface area contributed by atoms with Crippen molar-refractivity contribution in [1.29, 1.82) is 0 Å². The molecule has 0 aliphatic carbocycles. The lowest BCUT2D eigenvalue weighted by Crippen LogP contribution is -2.50. The van der Waals surface area contributed by atoms with E-state index in [2.05, 4.69) is 10.4 Å². The molecule has 2 heterocycles. The number of hydrogen-bond acceptors (Lipinski definition) is 6. The monoisotopic (exact) mass is 286 g/mol. The molecule has 1 fully saturated rings. The molecule has 0 saturated carbocycles. The van der Waals surface area contributed by atoms with Gasteiger partial charge < -0.3 is 10.2 Å². The number of aromatic nitrogens is 1. The van der Waals surface area contributed by atoms with Crippen molar-refractivity contribution in [3.8, 4) is 0 Å². The average Bonchev–Trinajstić information content (AvgIpc) is 2.37. The van der Waals surface area contributed by atoms with E-state index in [9.17, 15) is 8.42 Å². The fourth-order valence-corrected chi connectivity index (χ4v) is 3.57. The number of anilines is 1. The van der Waals surface area contributed by atoms with Crippen LogP contribution in [0, 0.1) is 0 Å². The molecule has 0 bridgehead atoms. The first-order valence-corrected chi connectivity index (χ1v) is 7.36. The minimum absolute atomic E-state index is 0.174. The minimum Gasteiger partial charge on any atom is -0.373 e. The van der Waals surface area contributed by atoms with Gasteiger partial charge in [-0.1, -0.05) is 0 Å². The first-order valence-electron chi connectivity index (χ1n) is 5.92. The van der Waals surface area contributed by atoms with Crippen molar-refractivity contribution in [1.82, 2.24) is 9.29 Å². The molecule has 0 unspecified atom stereocenters. The number of nitrogens with two attached hydrogens (primary N) is 1. The van der Waals surface area contributed by atoms with E-state index in [1.807, 2.05) is 13.8 Å². The molecular weight excluding hydrogens is 268 g/mol. The Labute approximate surface area is 112 Å². The number of sulfonamides is 1. The normalized spacial score (nSPS) is 20.2. The van der Waals surface area contributed by atoms with Crippen LogP contribution in [0.1, 0.15) is 13.8 Å². The number of rotatable bonds is 3. The number of hydrazine groups is 1. The molecular formula is C11H18N4O3S. The van der Waals surface area contributed by atoms with E-state index in [0.29, 0.717) is 25.5 Å². The Kier molecular flexibility index (Phi) is 3.77. The van der Waals surface area contributed by atoms with Crippen LogP contribution in [0.2, 0.25) is 0 Å². The third kappa shape index (κ3) is 3.03. The van der Waals surface area contributed by atoms with Crippen LogP contribution in [0.5, 0.6) is 0 Å². The first kappa shape index (κ1) is 14.2. The van der Waals surface area contributed by atoms with Gasteiger partial charge in [-0.2, -0.15) is 4.31 Å². The van der Waals surface area contributed by atoms with E-state index in [0.717, 1.165) is 0 Å². The van der Waals surface area contributed by atoms with E-state index >= 15 is 0 Å². The molecule has 1 aromatic rings. The zero-order chi connectivity index (χ0) is 14.1. The van der Waals surface area contributed by atoms with Gasteiger partial charge in [0.1, 0.15) is 5.82 Å². The number of nitrogens with one attached hydrogen (secondary N) is 1. The highest BCUT2D eigenvalue weighted by Crippen LogP contribution is 2.24. The maximum atomic E-state index is 12.5. The zero-order valence-corrected chi connectivity index (χ0v) is 11.8. The number of pyridine rings is 1. The van der Waals surface area contributed by atoms with Crippen LogP contribution < -0.4 is 11.3 Å². The molecule has 3 N–H and O–H groups in total. The maximum absolute atomic E-state index is 12.5. The molecule has 0 spiro atoms. The Morgan fingerprint density at radius 3 is 2.89 bits per heavy atom. The SMILES string of the molecule is CC1(C)CN(S(=O)(=O)c2ccnc(NN)c2)CCO1. The number of nitrogen functional groups attached to an aromatic ring is 1. The summed E-state index contributed by atoms with van der Waals surface area (Å²) in [5, 5.41) is 0. The van der Waals surface area contributed by atoms with Gasteiger partial charge in [-0.15, -0.1) is 0 Å². The number of hydrogen-bond donors (Lipinski definition) is 2. The minimum atomic E-state index is -3.55. The highest BCUT2D eigenvalue weighted by atomic mass is 32.2. The van der Waals surface area contributed by atoms with Gasteiger partial charge in [0, 0.05) is 25.4 Å². The summed E-state index contributed by atoms with van der Waals surface area (Å²) in [6.45, 7) is 4.80. The van der Waals surface area contributed by atoms with E-state index in [1.165, 1.54) is 22.6 Å². The van der Waals surface area contributed by atoms with Crippen LogP contribution >= 0.6 is 0 Å². The van der Waals surface area contributed by atoms with Crippen molar-refractivity contribution in [3.05, 3.63) is 18.3 Å². The third-order valence-corrected chi connectivity index (χ3v) is 4.75. The molecule has 1 aliphatic heterocycles. The smallest absolute Gasteiger partial charge is 0.243 e. The van der Waals surface area contributed by atoms with Crippen molar-refractivity contribution < 1.29 is 13.2 Å². The molecule has 0 radical (unpaired) electrons. The van der Waals surface area contributed by atoms with E-state index in [4.69, 9.17) is 10.6 Å². The summed E-state index contributed by atoms with van der Waals surface area (Å²) >= 11 is 0. The van der Waals surface area contributed by atoms with Gasteiger partial charge >= 0.3 is 0 Å². The van der Waals surface area contributed by atoms with Crippen molar-refractivity contribution in [2.75, 3.05) is 25.1 Å². The second-order valence-electron chi connectivity index (χ2n) is 4.97. The van der Waals surface area contributed by atoms with Crippen LogP contribution in [-0.4, -0.2) is 43.0 Å². The van der Waals surface area contributed by atoms with Crippen LogP contribution in [0.15, 0.2) is 23.2 Å². The predicted octanol–water partition coefficient (Wildman–Crippen LogP) is 0.167. The van der Waals surface area contributed by atoms with E-state index < -0.39 is 15.6 Å². The summed E-state index contributed by atoms with van der Waals surface area (Å²) in [6, 6.07) is 2.87. The van der Waals surface area contributed by atoms with Gasteiger partial charge in [0.2, 0.25) is 10.0 Å². The lowest BCUT2D eigenvalue weighted by Gasteiger charge is -2.37. The van der Waals surface area contributed by atoms with Gasteiger partial charge in [-0.3, -0.25) is 0 Å². The Hall–Kier alpha value is -1.22. The van der Waals surface area contributed by atoms with Gasteiger partial charge in [0.15, 0.2) is 0 Å². The molecule has 0 amide bonds. The predicted molar refractivity (Wildman–Crippen MR) is 70.8 cm³/mol. The van der Waals surface area contributed by atoms with Crippen LogP contribution in [-0.2, 0) is 14.8 Å². The quantitative estimate of drug-likeness (QED) is 0.607. The summed E-state index contributed by atoms with van der Waals surface area (Å²) in [6.07, 6.45) is 1.41. The van der Waals surface area contributed by atoms with Crippen LogP contribution in [0.4, 0.5) is 5.82 Å². The third-order valence-electron chi connectivity index (χ3n) is 2.91. The van der Waals surface area contributed by atoms with Crippen molar-refractivity contribution in [2.24, 2.45) is 5.84 Å². The topological polar surface area (TPSA) is 97.6 Å². The van der Waals surface area contributed by atoms with Crippen LogP contribution in [0.3, 0.4) is 0 Å². The highest BCUT2D eigenvalue weighted by molar-refractivity contribution is 7.89. The molecule has 0 aromatic carbocycles. The summed E-state index contributed by atoms with van der Waals surface area (Å²) in [7, 11) is -3.55. The van der Waals surface area contributed by atoms with Crippen molar-refractivity contribution in [2.45, 2.75) is 24.3 Å². The second kappa shape index (κ2) is 5.04. The lowest BCUT2D eigenvalue weighted by atomic mass is 10.1. The second-order valence-corrected chi connectivity index (χ2v) is 6.91. The Bertz CT molecular complexity index is 559. The van der Waals surface area contributed by atoms with Gasteiger partial charge in [0.25, 0.3) is 0 Å². The maximum Gasteiger partial charge on any atom is 0.243 e. The molecule has 8 heteroatoms. The van der Waals surface area contributed by atoms with Gasteiger partial charge in [-0.25, -0.2) is 19.2 Å². The standard InChI is InChI=1S/C11H18N4O3S/c1-11(2)8-15(5-6-18-11)19(16,17)9-3-4-13-10(7-9)14-12/h3-4,7H,5-6,8,12H2,1-2H3,(H,13,14). The molecule has 106 valence electrons. The first-order chi connectivity index (χ1) is 8.85. The molecule has 0 atom stereocenters. The fraction of sp³-hybridized carbons (Fsp3) is 0.545. The highest BCUT2D eigenvalue weighted by Gasteiger charge is 2.34. The molecule has 7 nitrogen and oxygen atoms in total. The molecule has 2 rings (SSSR count). The molecule has 1 aliphatic rings. The number of nitrogens with zero attached hydrogens (tertiary/aromatic N) is 2. The summed E-state index contributed by atoms with van der Waals surface area (Å²) in [5.74, 6) is 5.56. The zero-order valence-electron chi connectivity index (χ0n) is 11.0. The number of morpholine rings is 1. The lowest BCUT2D eigenvalue weighted by molar-refractivity contribution is -0.0640. The molecule has 1 aromatic heterocycles. The van der Waals surface area contributed by atoms with Gasteiger partial charge in [-0.05, 0) is 19.9 Å². The van der Waals surface area contributed by atoms with Crippen molar-refractivity contribution in [3.63, 3.8) is 0 Å². The van der Waals surface area contributed by atoms with Crippen LogP contribution in [0.25, 0.3) is 0 Å². The largest absolute Gasteiger partial charge is 0.373 e. The van der Waals surface area contributed by atoms with E-state index in [1.54, 1.807) is 0 Å². The Morgan fingerprint density at radius 2 is 2.26 bits per heavy atom.